The zero-order chi connectivity index (χ0) is 15.2. The van der Waals surface area contributed by atoms with Gasteiger partial charge in [0.05, 0.1) is 12.5 Å². The Hall–Kier alpha value is -1.75. The molecule has 5 nitrogen and oxygen atoms in total. The first-order valence-corrected chi connectivity index (χ1v) is 7.47. The van der Waals surface area contributed by atoms with Crippen LogP contribution in [-0.4, -0.2) is 35.1 Å². The van der Waals surface area contributed by atoms with Crippen molar-refractivity contribution in [3.8, 4) is 0 Å². The highest BCUT2D eigenvalue weighted by molar-refractivity contribution is 6.30. The Morgan fingerprint density at radius 2 is 2.00 bits per heavy atom. The summed E-state index contributed by atoms with van der Waals surface area (Å²) in [6.07, 6.45) is 2.89. The molecule has 1 fully saturated rings. The normalized spacial score (nSPS) is 18.3. The predicted molar refractivity (Wildman–Crippen MR) is 80.4 cm³/mol. The van der Waals surface area contributed by atoms with Crippen molar-refractivity contribution >= 4 is 23.6 Å². The second-order valence-corrected chi connectivity index (χ2v) is 5.57. The highest BCUT2D eigenvalue weighted by Gasteiger charge is 2.27. The minimum absolute atomic E-state index is 0.0286. The Balaban J connectivity index is 2.02. The first kappa shape index (κ1) is 15.6. The highest BCUT2D eigenvalue weighted by atomic mass is 35.5. The number of aliphatic carboxylic acids is 1. The van der Waals surface area contributed by atoms with Gasteiger partial charge >= 0.3 is 12.0 Å². The van der Waals surface area contributed by atoms with E-state index in [1.807, 2.05) is 24.3 Å². The lowest BCUT2D eigenvalue weighted by Gasteiger charge is -2.36. The monoisotopic (exact) mass is 310 g/mol. The van der Waals surface area contributed by atoms with E-state index < -0.39 is 5.97 Å². The van der Waals surface area contributed by atoms with Crippen LogP contribution in [0.1, 0.15) is 37.3 Å². The molecule has 21 heavy (non-hydrogen) atoms. The highest BCUT2D eigenvalue weighted by Crippen LogP contribution is 2.31. The van der Waals surface area contributed by atoms with Crippen molar-refractivity contribution in [2.45, 2.75) is 31.7 Å². The van der Waals surface area contributed by atoms with Crippen LogP contribution in [0.15, 0.2) is 24.3 Å². The lowest BCUT2D eigenvalue weighted by Crippen LogP contribution is -2.45. The maximum Gasteiger partial charge on any atom is 0.317 e. The summed E-state index contributed by atoms with van der Waals surface area (Å²) in [7, 11) is 0. The standard InChI is InChI=1S/C15H19ClN2O3/c16-12-6-4-11(5-7-12)13-3-1-2-10-18(13)15(21)17-9-8-14(19)20/h4-7,13H,1-3,8-10H2,(H,17,21)(H,19,20). The molecule has 1 saturated heterocycles. The molecule has 1 aliphatic heterocycles. The second kappa shape index (κ2) is 7.31. The van der Waals surface area contributed by atoms with Crippen LogP contribution in [0.2, 0.25) is 5.02 Å². The third-order valence-corrected chi connectivity index (χ3v) is 3.89. The van der Waals surface area contributed by atoms with Crippen molar-refractivity contribution in [1.82, 2.24) is 10.2 Å². The number of nitrogens with zero attached hydrogens (tertiary/aromatic N) is 1. The molecule has 2 amide bonds. The van der Waals surface area contributed by atoms with Gasteiger partial charge in [0.2, 0.25) is 0 Å². The van der Waals surface area contributed by atoms with Gasteiger partial charge in [0, 0.05) is 18.1 Å². The van der Waals surface area contributed by atoms with Gasteiger partial charge in [0.15, 0.2) is 0 Å². The van der Waals surface area contributed by atoms with E-state index in [2.05, 4.69) is 5.32 Å². The van der Waals surface area contributed by atoms with Crippen LogP contribution < -0.4 is 5.32 Å². The minimum Gasteiger partial charge on any atom is -0.481 e. The van der Waals surface area contributed by atoms with Gasteiger partial charge in [-0.2, -0.15) is 0 Å². The second-order valence-electron chi connectivity index (χ2n) is 5.13. The minimum atomic E-state index is -0.914. The van der Waals surface area contributed by atoms with E-state index in [-0.39, 0.29) is 25.0 Å². The number of benzene rings is 1. The molecule has 1 heterocycles. The van der Waals surface area contributed by atoms with Gasteiger partial charge in [0.25, 0.3) is 0 Å². The molecule has 0 radical (unpaired) electrons. The van der Waals surface area contributed by atoms with Crippen molar-refractivity contribution in [2.24, 2.45) is 0 Å². The van der Waals surface area contributed by atoms with Gasteiger partial charge in [-0.3, -0.25) is 4.79 Å². The summed E-state index contributed by atoms with van der Waals surface area (Å²) in [6, 6.07) is 7.36. The Labute approximate surface area is 128 Å². The largest absolute Gasteiger partial charge is 0.481 e. The average Bonchev–Trinajstić information content (AvgIpc) is 2.47. The van der Waals surface area contributed by atoms with Crippen molar-refractivity contribution in [3.63, 3.8) is 0 Å². The number of carboxylic acids is 1. The van der Waals surface area contributed by atoms with Crippen molar-refractivity contribution < 1.29 is 14.7 Å². The molecule has 2 N–H and O–H groups in total. The number of urea groups is 1. The van der Waals surface area contributed by atoms with Crippen LogP contribution in [0.25, 0.3) is 0 Å². The Morgan fingerprint density at radius 3 is 2.67 bits per heavy atom. The van der Waals surface area contributed by atoms with Crippen molar-refractivity contribution in [2.75, 3.05) is 13.1 Å². The fourth-order valence-electron chi connectivity index (χ4n) is 2.58. The summed E-state index contributed by atoms with van der Waals surface area (Å²) >= 11 is 5.90. The number of carbonyl (C=O) groups is 2. The third-order valence-electron chi connectivity index (χ3n) is 3.63. The molecule has 0 aliphatic carbocycles. The molecule has 0 spiro atoms. The zero-order valence-electron chi connectivity index (χ0n) is 11.7. The number of nitrogens with one attached hydrogen (secondary N) is 1. The van der Waals surface area contributed by atoms with Crippen LogP contribution in [-0.2, 0) is 4.79 Å². The fraction of sp³-hybridized carbons (Fsp3) is 0.467. The Bertz CT molecular complexity index is 504. The lowest BCUT2D eigenvalue weighted by atomic mass is 9.95. The first-order valence-electron chi connectivity index (χ1n) is 7.09. The summed E-state index contributed by atoms with van der Waals surface area (Å²) < 4.78 is 0. The van der Waals surface area contributed by atoms with Crippen LogP contribution in [0, 0.1) is 0 Å². The van der Waals surface area contributed by atoms with Gasteiger partial charge < -0.3 is 15.3 Å². The number of piperidine rings is 1. The third kappa shape index (κ3) is 4.36. The first-order chi connectivity index (χ1) is 10.1. The fourth-order valence-corrected chi connectivity index (χ4v) is 2.71. The summed E-state index contributed by atoms with van der Waals surface area (Å²) in [5.74, 6) is -0.914. The smallest absolute Gasteiger partial charge is 0.317 e. The lowest BCUT2D eigenvalue weighted by molar-refractivity contribution is -0.136. The van der Waals surface area contributed by atoms with Crippen molar-refractivity contribution in [3.05, 3.63) is 34.9 Å². The van der Waals surface area contributed by atoms with Gasteiger partial charge in [-0.05, 0) is 37.0 Å². The number of hydrogen-bond acceptors (Lipinski definition) is 2. The number of carboxylic acid groups (broad SMARTS) is 1. The van der Waals surface area contributed by atoms with E-state index in [1.165, 1.54) is 0 Å². The molecule has 1 unspecified atom stereocenters. The molecule has 0 saturated carbocycles. The summed E-state index contributed by atoms with van der Waals surface area (Å²) in [5.41, 5.74) is 1.06. The topological polar surface area (TPSA) is 69.6 Å². The molecule has 2 rings (SSSR count). The SMILES string of the molecule is O=C(O)CCNC(=O)N1CCCCC1c1ccc(Cl)cc1. The molecular weight excluding hydrogens is 292 g/mol. The molecule has 0 aromatic heterocycles. The van der Waals surface area contributed by atoms with E-state index in [0.29, 0.717) is 11.6 Å². The van der Waals surface area contributed by atoms with Crippen LogP contribution in [0.4, 0.5) is 4.79 Å². The van der Waals surface area contributed by atoms with Gasteiger partial charge in [-0.15, -0.1) is 0 Å². The molecule has 1 aromatic rings. The van der Waals surface area contributed by atoms with Gasteiger partial charge in [-0.1, -0.05) is 23.7 Å². The van der Waals surface area contributed by atoms with Crippen LogP contribution in [0.5, 0.6) is 0 Å². The Morgan fingerprint density at radius 1 is 1.29 bits per heavy atom. The van der Waals surface area contributed by atoms with Crippen LogP contribution >= 0.6 is 11.6 Å². The molecule has 1 aliphatic rings. The number of carbonyl (C=O) groups excluding carboxylic acids is 1. The summed E-state index contributed by atoms with van der Waals surface area (Å²) in [6.45, 7) is 0.838. The maximum absolute atomic E-state index is 12.2. The van der Waals surface area contributed by atoms with Gasteiger partial charge in [0.1, 0.15) is 0 Å². The number of likely N-dealkylation sites (tertiary alicyclic amines) is 1. The van der Waals surface area contributed by atoms with E-state index >= 15 is 0 Å². The van der Waals surface area contributed by atoms with E-state index in [4.69, 9.17) is 16.7 Å². The molecule has 0 bridgehead atoms. The Kier molecular flexibility index (Phi) is 5.44. The number of amides is 2. The van der Waals surface area contributed by atoms with Crippen molar-refractivity contribution in [1.29, 1.82) is 0 Å². The van der Waals surface area contributed by atoms with E-state index in [9.17, 15) is 9.59 Å². The molecule has 6 heteroatoms. The predicted octanol–water partition coefficient (Wildman–Crippen LogP) is 3.05. The van der Waals surface area contributed by atoms with Crippen LogP contribution in [0.3, 0.4) is 0 Å². The maximum atomic E-state index is 12.2. The number of hydrogen-bond donors (Lipinski definition) is 2. The summed E-state index contributed by atoms with van der Waals surface area (Å²) in [5, 5.41) is 12.0. The van der Waals surface area contributed by atoms with E-state index in [0.717, 1.165) is 24.8 Å². The molecule has 1 aromatic carbocycles. The van der Waals surface area contributed by atoms with Gasteiger partial charge in [-0.25, -0.2) is 4.79 Å². The summed E-state index contributed by atoms with van der Waals surface area (Å²) in [4.78, 5) is 24.5. The molecule has 1 atom stereocenters. The average molecular weight is 311 g/mol. The number of halogens is 1. The van der Waals surface area contributed by atoms with E-state index in [1.54, 1.807) is 4.90 Å². The number of rotatable bonds is 4. The molecular formula is C15H19ClN2O3. The quantitative estimate of drug-likeness (QED) is 0.898. The molecule has 114 valence electrons. The zero-order valence-corrected chi connectivity index (χ0v) is 12.5.